The van der Waals surface area contributed by atoms with Crippen LogP contribution in [0.15, 0.2) is 24.3 Å². The van der Waals surface area contributed by atoms with E-state index in [2.05, 4.69) is 0 Å². The molecule has 1 aliphatic heterocycles. The van der Waals surface area contributed by atoms with Crippen molar-refractivity contribution < 1.29 is 27.4 Å². The minimum atomic E-state index is -4.35. The van der Waals surface area contributed by atoms with Crippen molar-refractivity contribution in [3.8, 4) is 0 Å². The van der Waals surface area contributed by atoms with Crippen molar-refractivity contribution in [3.63, 3.8) is 0 Å². The van der Waals surface area contributed by atoms with E-state index in [9.17, 15) is 18.0 Å². The van der Waals surface area contributed by atoms with Crippen molar-refractivity contribution in [1.82, 2.24) is 4.90 Å². The maximum absolute atomic E-state index is 12.6. The Balaban J connectivity index is 2.02. The Morgan fingerprint density at radius 1 is 1.26 bits per heavy atom. The van der Waals surface area contributed by atoms with Crippen LogP contribution >= 0.6 is 0 Å². The highest BCUT2D eigenvalue weighted by Crippen LogP contribution is 2.29. The van der Waals surface area contributed by atoms with Gasteiger partial charge >= 0.3 is 12.3 Å². The van der Waals surface area contributed by atoms with Gasteiger partial charge in [-0.15, -0.1) is 0 Å². The smallest absolute Gasteiger partial charge is 0.416 e. The minimum Gasteiger partial charge on any atom is -0.444 e. The van der Waals surface area contributed by atoms with Gasteiger partial charge in [-0.2, -0.15) is 13.2 Å². The average molecular weight is 331 g/mol. The molecule has 4 nitrogen and oxygen atoms in total. The highest BCUT2D eigenvalue weighted by molar-refractivity contribution is 5.68. The normalized spacial score (nSPS) is 19.0. The second-order valence-corrected chi connectivity index (χ2v) is 6.50. The van der Waals surface area contributed by atoms with Crippen molar-refractivity contribution in [2.75, 3.05) is 13.3 Å². The zero-order valence-corrected chi connectivity index (χ0v) is 13.3. The van der Waals surface area contributed by atoms with Gasteiger partial charge in [0, 0.05) is 0 Å². The summed E-state index contributed by atoms with van der Waals surface area (Å²) < 4.78 is 48.3. The van der Waals surface area contributed by atoms with Crippen LogP contribution in [0.4, 0.5) is 18.0 Å². The van der Waals surface area contributed by atoms with Crippen molar-refractivity contribution in [1.29, 1.82) is 0 Å². The van der Waals surface area contributed by atoms with E-state index in [1.54, 1.807) is 20.8 Å². The maximum atomic E-state index is 12.6. The van der Waals surface area contributed by atoms with Crippen LogP contribution in [0.3, 0.4) is 0 Å². The van der Waals surface area contributed by atoms with E-state index >= 15 is 0 Å². The van der Waals surface area contributed by atoms with Crippen LogP contribution in [-0.4, -0.2) is 36.0 Å². The van der Waals surface area contributed by atoms with E-state index in [-0.39, 0.29) is 12.8 Å². The average Bonchev–Trinajstić information content (AvgIpc) is 2.84. The summed E-state index contributed by atoms with van der Waals surface area (Å²) in [6.45, 7) is 5.77. The van der Waals surface area contributed by atoms with Crippen LogP contribution in [0.1, 0.15) is 31.9 Å². The van der Waals surface area contributed by atoms with Gasteiger partial charge in [0.1, 0.15) is 12.3 Å². The highest BCUT2D eigenvalue weighted by Gasteiger charge is 2.33. The maximum Gasteiger partial charge on any atom is 0.416 e. The van der Waals surface area contributed by atoms with Gasteiger partial charge in [0.25, 0.3) is 0 Å². The molecule has 0 aliphatic carbocycles. The first-order valence-electron chi connectivity index (χ1n) is 7.30. The molecule has 128 valence electrons. The van der Waals surface area contributed by atoms with Crippen molar-refractivity contribution >= 4 is 6.09 Å². The van der Waals surface area contributed by atoms with E-state index in [0.717, 1.165) is 12.1 Å². The van der Waals surface area contributed by atoms with Crippen LogP contribution in [0.2, 0.25) is 0 Å². The number of alkyl halides is 3. The molecule has 0 radical (unpaired) electrons. The Bertz CT molecular complexity index is 549. The summed E-state index contributed by atoms with van der Waals surface area (Å²) in [6, 6.07) is 4.69. The topological polar surface area (TPSA) is 38.8 Å². The SMILES string of the molecule is CC(C)(C)OC(=O)N1COC[C@@H]1Cc1ccc(C(F)(F)F)cc1. The van der Waals surface area contributed by atoms with Crippen LogP contribution in [-0.2, 0) is 22.1 Å². The van der Waals surface area contributed by atoms with Crippen LogP contribution in [0.25, 0.3) is 0 Å². The van der Waals surface area contributed by atoms with Gasteiger partial charge in [-0.1, -0.05) is 12.1 Å². The standard InChI is InChI=1S/C16H20F3NO3/c1-15(2,3)23-14(21)20-10-22-9-13(20)8-11-4-6-12(7-5-11)16(17,18)19/h4-7,13H,8-10H2,1-3H3/t13-/m0/s1. The zero-order chi connectivity index (χ0) is 17.3. The number of benzene rings is 1. The number of carbonyl (C=O) groups excluding carboxylic acids is 1. The van der Waals surface area contributed by atoms with Gasteiger partial charge in [-0.25, -0.2) is 4.79 Å². The predicted molar refractivity (Wildman–Crippen MR) is 77.8 cm³/mol. The molecule has 0 N–H and O–H groups in total. The number of nitrogens with zero attached hydrogens (tertiary/aromatic N) is 1. The lowest BCUT2D eigenvalue weighted by atomic mass is 10.0. The Morgan fingerprint density at radius 3 is 2.39 bits per heavy atom. The summed E-state index contributed by atoms with van der Waals surface area (Å²) in [5, 5.41) is 0. The lowest BCUT2D eigenvalue weighted by Gasteiger charge is -2.27. The van der Waals surface area contributed by atoms with Gasteiger partial charge in [-0.05, 0) is 44.9 Å². The Morgan fingerprint density at radius 2 is 1.87 bits per heavy atom. The number of hydrogen-bond acceptors (Lipinski definition) is 3. The first-order valence-corrected chi connectivity index (χ1v) is 7.30. The molecule has 0 spiro atoms. The Labute approximate surface area is 133 Å². The van der Waals surface area contributed by atoms with Gasteiger partial charge in [-0.3, -0.25) is 4.90 Å². The first kappa shape index (κ1) is 17.6. The second-order valence-electron chi connectivity index (χ2n) is 6.50. The lowest BCUT2D eigenvalue weighted by Crippen LogP contribution is -2.41. The lowest BCUT2D eigenvalue weighted by molar-refractivity contribution is -0.137. The zero-order valence-electron chi connectivity index (χ0n) is 13.3. The molecule has 0 saturated carbocycles. The number of carbonyl (C=O) groups is 1. The first-order chi connectivity index (χ1) is 10.6. The highest BCUT2D eigenvalue weighted by atomic mass is 19.4. The molecule has 2 rings (SSSR count). The quantitative estimate of drug-likeness (QED) is 0.826. The monoisotopic (exact) mass is 331 g/mol. The van der Waals surface area contributed by atoms with Gasteiger partial charge in [0.05, 0.1) is 18.2 Å². The fraction of sp³-hybridized carbons (Fsp3) is 0.562. The second kappa shape index (κ2) is 6.39. The predicted octanol–water partition coefficient (Wildman–Crippen LogP) is 3.84. The molecule has 0 aromatic heterocycles. The molecule has 1 aromatic rings. The number of hydrogen-bond donors (Lipinski definition) is 0. The van der Waals surface area contributed by atoms with Crippen LogP contribution in [0, 0.1) is 0 Å². The van der Waals surface area contributed by atoms with E-state index in [4.69, 9.17) is 9.47 Å². The summed E-state index contributed by atoms with van der Waals surface area (Å²) in [7, 11) is 0. The Kier molecular flexibility index (Phi) is 4.89. The van der Waals surface area contributed by atoms with E-state index in [0.29, 0.717) is 18.6 Å². The Hall–Kier alpha value is -1.76. The summed E-state index contributed by atoms with van der Waals surface area (Å²) in [4.78, 5) is 13.6. The molecular formula is C16H20F3NO3. The number of halogens is 3. The fourth-order valence-corrected chi connectivity index (χ4v) is 2.28. The summed E-state index contributed by atoms with van der Waals surface area (Å²) >= 11 is 0. The third kappa shape index (κ3) is 4.86. The third-order valence-electron chi connectivity index (χ3n) is 3.36. The molecule has 1 fully saturated rings. The molecule has 1 aliphatic rings. The fourth-order valence-electron chi connectivity index (χ4n) is 2.28. The van der Waals surface area contributed by atoms with Crippen LogP contribution in [0.5, 0.6) is 0 Å². The summed E-state index contributed by atoms with van der Waals surface area (Å²) in [5.74, 6) is 0. The minimum absolute atomic E-state index is 0.125. The molecule has 7 heteroatoms. The van der Waals surface area contributed by atoms with Gasteiger partial charge in [0.15, 0.2) is 0 Å². The van der Waals surface area contributed by atoms with E-state index in [1.165, 1.54) is 17.0 Å². The molecule has 1 saturated heterocycles. The van der Waals surface area contributed by atoms with E-state index < -0.39 is 23.4 Å². The molecule has 23 heavy (non-hydrogen) atoms. The number of amides is 1. The molecule has 1 heterocycles. The van der Waals surface area contributed by atoms with Crippen LogP contribution < -0.4 is 0 Å². The summed E-state index contributed by atoms with van der Waals surface area (Å²) in [5.41, 5.74) is -0.589. The number of ether oxygens (including phenoxy) is 2. The summed E-state index contributed by atoms with van der Waals surface area (Å²) in [6.07, 6.45) is -4.42. The van der Waals surface area contributed by atoms with Crippen molar-refractivity contribution in [3.05, 3.63) is 35.4 Å². The molecular weight excluding hydrogens is 311 g/mol. The molecule has 0 bridgehead atoms. The van der Waals surface area contributed by atoms with Crippen molar-refractivity contribution in [2.45, 2.75) is 45.0 Å². The molecule has 1 atom stereocenters. The molecule has 1 amide bonds. The third-order valence-corrected chi connectivity index (χ3v) is 3.36. The van der Waals surface area contributed by atoms with E-state index in [1.807, 2.05) is 0 Å². The molecule has 1 aromatic carbocycles. The van der Waals surface area contributed by atoms with Gasteiger partial charge in [0.2, 0.25) is 0 Å². The van der Waals surface area contributed by atoms with Crippen molar-refractivity contribution in [2.24, 2.45) is 0 Å². The van der Waals surface area contributed by atoms with Gasteiger partial charge < -0.3 is 9.47 Å². The molecule has 0 unspecified atom stereocenters. The number of rotatable bonds is 2. The largest absolute Gasteiger partial charge is 0.444 e.